The fourth-order valence-electron chi connectivity index (χ4n) is 1.77. The molecule has 8 heteroatoms. The molecule has 0 bridgehead atoms. The summed E-state index contributed by atoms with van der Waals surface area (Å²) < 4.78 is 29.8. The molecule has 0 fully saturated rings. The molecule has 120 valence electrons. The second kappa shape index (κ2) is 7.06. The van der Waals surface area contributed by atoms with Crippen molar-refractivity contribution in [3.63, 3.8) is 0 Å². The third-order valence-corrected chi connectivity index (χ3v) is 5.99. The summed E-state index contributed by atoms with van der Waals surface area (Å²) in [6.45, 7) is 3.78. The maximum Gasteiger partial charge on any atom is 0.238 e. The van der Waals surface area contributed by atoms with E-state index in [2.05, 4.69) is 10.3 Å². The van der Waals surface area contributed by atoms with Gasteiger partial charge in [-0.15, -0.1) is 11.3 Å². The van der Waals surface area contributed by atoms with Gasteiger partial charge in [0, 0.05) is 11.9 Å². The lowest BCUT2D eigenvalue weighted by Crippen LogP contribution is -2.38. The van der Waals surface area contributed by atoms with Crippen LogP contribution in [0.3, 0.4) is 0 Å². The maximum atomic E-state index is 12.3. The third-order valence-electron chi connectivity index (χ3n) is 3.09. The topological polar surface area (TPSA) is 89.3 Å². The number of carbonyl (C=O) groups is 1. The molecule has 2 heterocycles. The summed E-state index contributed by atoms with van der Waals surface area (Å²) >= 11 is 1.31. The molecule has 1 unspecified atom stereocenters. The molecule has 0 spiro atoms. The SMILES string of the molecule is CCCNC(=O)C(C)S(=O)(=O)Cc1csc(-c2ccco2)n1. The molecule has 22 heavy (non-hydrogen) atoms. The van der Waals surface area contributed by atoms with Crippen LogP contribution in [0.5, 0.6) is 0 Å². The fraction of sp³-hybridized carbons (Fsp3) is 0.429. The number of carbonyl (C=O) groups excluding carboxylic acids is 1. The number of furan rings is 1. The molecular formula is C14H18N2O4S2. The minimum atomic E-state index is -3.60. The van der Waals surface area contributed by atoms with Crippen LogP contribution in [0.1, 0.15) is 26.0 Å². The van der Waals surface area contributed by atoms with Gasteiger partial charge < -0.3 is 9.73 Å². The number of nitrogens with one attached hydrogen (secondary N) is 1. The lowest BCUT2D eigenvalue weighted by atomic mass is 10.4. The molecule has 0 aliphatic heterocycles. The Hall–Kier alpha value is -1.67. The van der Waals surface area contributed by atoms with Crippen LogP contribution in [0.15, 0.2) is 28.2 Å². The van der Waals surface area contributed by atoms with Crippen LogP contribution >= 0.6 is 11.3 Å². The van der Waals surface area contributed by atoms with Crippen molar-refractivity contribution in [2.45, 2.75) is 31.3 Å². The number of thiazole rings is 1. The fourth-order valence-corrected chi connectivity index (χ4v) is 3.88. The van der Waals surface area contributed by atoms with Gasteiger partial charge in [-0.2, -0.15) is 0 Å². The van der Waals surface area contributed by atoms with Gasteiger partial charge in [0.1, 0.15) is 5.25 Å². The lowest BCUT2D eigenvalue weighted by molar-refractivity contribution is -0.120. The van der Waals surface area contributed by atoms with Gasteiger partial charge in [-0.1, -0.05) is 6.92 Å². The smallest absolute Gasteiger partial charge is 0.238 e. The van der Waals surface area contributed by atoms with E-state index in [4.69, 9.17) is 4.42 Å². The second-order valence-electron chi connectivity index (χ2n) is 4.86. The number of sulfone groups is 1. The zero-order valence-electron chi connectivity index (χ0n) is 12.4. The van der Waals surface area contributed by atoms with E-state index in [0.29, 0.717) is 23.0 Å². The Labute approximate surface area is 133 Å². The van der Waals surface area contributed by atoms with Crippen molar-refractivity contribution in [2.24, 2.45) is 0 Å². The first-order valence-corrected chi connectivity index (χ1v) is 9.51. The molecule has 2 aromatic heterocycles. The van der Waals surface area contributed by atoms with Crippen LogP contribution in [0, 0.1) is 0 Å². The first-order chi connectivity index (χ1) is 10.4. The molecule has 0 saturated heterocycles. The monoisotopic (exact) mass is 342 g/mol. The first-order valence-electron chi connectivity index (χ1n) is 6.91. The molecule has 2 rings (SSSR count). The van der Waals surface area contributed by atoms with E-state index in [9.17, 15) is 13.2 Å². The van der Waals surface area contributed by atoms with Crippen molar-refractivity contribution in [1.29, 1.82) is 0 Å². The standard InChI is InChI=1S/C14H18N2O4S2/c1-3-6-15-13(17)10(2)22(18,19)9-11-8-21-14(16-11)12-5-4-7-20-12/h4-5,7-8,10H,3,6,9H2,1-2H3,(H,15,17). The van der Waals surface area contributed by atoms with Crippen molar-refractivity contribution in [3.05, 3.63) is 29.5 Å². The van der Waals surface area contributed by atoms with Gasteiger partial charge in [-0.25, -0.2) is 13.4 Å². The molecule has 1 atom stereocenters. The van der Waals surface area contributed by atoms with Gasteiger partial charge in [0.2, 0.25) is 5.91 Å². The van der Waals surface area contributed by atoms with Crippen LogP contribution < -0.4 is 5.32 Å². The zero-order chi connectivity index (χ0) is 16.2. The van der Waals surface area contributed by atoms with E-state index in [1.807, 2.05) is 6.92 Å². The average Bonchev–Trinajstić information content (AvgIpc) is 3.14. The highest BCUT2D eigenvalue weighted by atomic mass is 32.2. The van der Waals surface area contributed by atoms with E-state index in [1.165, 1.54) is 24.5 Å². The predicted molar refractivity (Wildman–Crippen MR) is 85.2 cm³/mol. The lowest BCUT2D eigenvalue weighted by Gasteiger charge is -2.12. The molecule has 1 amide bonds. The predicted octanol–water partition coefficient (Wildman–Crippen LogP) is 2.23. The number of amides is 1. The van der Waals surface area contributed by atoms with Gasteiger partial charge in [0.25, 0.3) is 0 Å². The molecule has 0 aromatic carbocycles. The van der Waals surface area contributed by atoms with Gasteiger partial charge in [-0.05, 0) is 25.5 Å². The average molecular weight is 342 g/mol. The maximum absolute atomic E-state index is 12.3. The molecule has 0 aliphatic rings. The van der Waals surface area contributed by atoms with E-state index in [0.717, 1.165) is 6.42 Å². The van der Waals surface area contributed by atoms with Crippen molar-refractivity contribution < 1.29 is 17.6 Å². The van der Waals surface area contributed by atoms with E-state index >= 15 is 0 Å². The Morgan fingerprint density at radius 2 is 2.27 bits per heavy atom. The summed E-state index contributed by atoms with van der Waals surface area (Å²) in [6, 6.07) is 3.51. The Bertz CT molecular complexity index is 720. The minimum Gasteiger partial charge on any atom is -0.462 e. The van der Waals surface area contributed by atoms with Crippen LogP contribution in [-0.4, -0.2) is 31.1 Å². The number of hydrogen-bond donors (Lipinski definition) is 1. The highest BCUT2D eigenvalue weighted by molar-refractivity contribution is 7.92. The molecule has 0 saturated carbocycles. The molecule has 0 aliphatic carbocycles. The van der Waals surface area contributed by atoms with Gasteiger partial charge >= 0.3 is 0 Å². The highest BCUT2D eigenvalue weighted by Gasteiger charge is 2.28. The summed E-state index contributed by atoms with van der Waals surface area (Å²) in [4.78, 5) is 16.1. The molecule has 2 aromatic rings. The first kappa shape index (κ1) is 16.7. The van der Waals surface area contributed by atoms with Crippen molar-refractivity contribution in [1.82, 2.24) is 10.3 Å². The van der Waals surface area contributed by atoms with Crippen LogP contribution in [0.25, 0.3) is 10.8 Å². The quantitative estimate of drug-likeness (QED) is 0.833. The summed E-state index contributed by atoms with van der Waals surface area (Å²) in [5.41, 5.74) is 0.423. The van der Waals surface area contributed by atoms with E-state index in [1.54, 1.807) is 17.5 Å². The van der Waals surface area contributed by atoms with Gasteiger partial charge in [0.15, 0.2) is 20.6 Å². The van der Waals surface area contributed by atoms with Crippen LogP contribution in [0.4, 0.5) is 0 Å². The Balaban J connectivity index is 2.07. The van der Waals surface area contributed by atoms with Crippen LogP contribution in [-0.2, 0) is 20.4 Å². The molecule has 6 nitrogen and oxygen atoms in total. The van der Waals surface area contributed by atoms with Crippen molar-refractivity contribution >= 4 is 27.1 Å². The minimum absolute atomic E-state index is 0.259. The summed E-state index contributed by atoms with van der Waals surface area (Å²) in [6.07, 6.45) is 2.30. The van der Waals surface area contributed by atoms with E-state index < -0.39 is 21.0 Å². The van der Waals surface area contributed by atoms with Crippen LogP contribution in [0.2, 0.25) is 0 Å². The third kappa shape index (κ3) is 3.95. The second-order valence-corrected chi connectivity index (χ2v) is 8.04. The Morgan fingerprint density at radius 3 is 2.91 bits per heavy atom. The van der Waals surface area contributed by atoms with E-state index in [-0.39, 0.29) is 5.75 Å². The summed E-state index contributed by atoms with van der Waals surface area (Å²) in [5.74, 6) is -0.129. The number of hydrogen-bond acceptors (Lipinski definition) is 6. The van der Waals surface area contributed by atoms with Gasteiger partial charge in [-0.3, -0.25) is 4.79 Å². The van der Waals surface area contributed by atoms with Crippen molar-refractivity contribution in [3.8, 4) is 10.8 Å². The van der Waals surface area contributed by atoms with Crippen molar-refractivity contribution in [2.75, 3.05) is 6.54 Å². The molecular weight excluding hydrogens is 324 g/mol. The normalized spacial score (nSPS) is 13.0. The number of nitrogens with zero attached hydrogens (tertiary/aromatic N) is 1. The Morgan fingerprint density at radius 1 is 1.50 bits per heavy atom. The Kier molecular flexibility index (Phi) is 5.36. The summed E-state index contributed by atoms with van der Waals surface area (Å²) in [5, 5.41) is 3.81. The highest BCUT2D eigenvalue weighted by Crippen LogP contribution is 2.25. The largest absolute Gasteiger partial charge is 0.462 e. The molecule has 1 N–H and O–H groups in total. The van der Waals surface area contributed by atoms with Gasteiger partial charge in [0.05, 0.1) is 17.7 Å². The summed E-state index contributed by atoms with van der Waals surface area (Å²) in [7, 11) is -3.60. The zero-order valence-corrected chi connectivity index (χ0v) is 14.0. The number of aromatic nitrogens is 1. The number of rotatable bonds is 7. The molecule has 0 radical (unpaired) electrons.